The Morgan fingerprint density at radius 3 is 2.87 bits per heavy atom. The zero-order valence-electron chi connectivity index (χ0n) is 8.88. The van der Waals surface area contributed by atoms with Crippen molar-refractivity contribution in [3.8, 4) is 0 Å². The Bertz CT molecular complexity index is 300. The van der Waals surface area contributed by atoms with Gasteiger partial charge in [0.1, 0.15) is 6.33 Å². The first-order valence-electron chi connectivity index (χ1n) is 4.86. The van der Waals surface area contributed by atoms with Crippen molar-refractivity contribution in [1.29, 1.82) is 0 Å². The maximum Gasteiger partial charge on any atom is 0.303 e. The number of anilines is 1. The first-order valence-corrected chi connectivity index (χ1v) is 5.63. The molecule has 0 unspecified atom stereocenters. The van der Waals surface area contributed by atoms with Gasteiger partial charge in [-0.25, -0.2) is 4.98 Å². The predicted molar refractivity (Wildman–Crippen MR) is 59.3 cm³/mol. The fraction of sp³-hybridized carbons (Fsp3) is 0.667. The Hall–Kier alpha value is -1.17. The van der Waals surface area contributed by atoms with Crippen LogP contribution in [-0.2, 0) is 4.79 Å². The minimum atomic E-state index is -0.754. The minimum absolute atomic E-state index is 0.196. The third kappa shape index (κ3) is 3.83. The van der Waals surface area contributed by atoms with Crippen molar-refractivity contribution >= 4 is 22.6 Å². The summed E-state index contributed by atoms with van der Waals surface area (Å²) in [5.41, 5.74) is 0. The van der Waals surface area contributed by atoms with E-state index in [0.29, 0.717) is 19.0 Å². The van der Waals surface area contributed by atoms with Gasteiger partial charge in [-0.2, -0.15) is 4.37 Å². The number of aliphatic carboxylic acids is 1. The van der Waals surface area contributed by atoms with Crippen LogP contribution < -0.4 is 4.90 Å². The lowest BCUT2D eigenvalue weighted by atomic mass is 10.2. The molecule has 1 aromatic rings. The van der Waals surface area contributed by atoms with Gasteiger partial charge in [0, 0.05) is 30.5 Å². The van der Waals surface area contributed by atoms with Crippen molar-refractivity contribution in [2.45, 2.75) is 32.7 Å². The van der Waals surface area contributed by atoms with Crippen LogP contribution in [0.1, 0.15) is 26.7 Å². The molecule has 1 N–H and O–H groups in total. The highest BCUT2D eigenvalue weighted by Gasteiger charge is 2.13. The molecule has 0 bridgehead atoms. The summed E-state index contributed by atoms with van der Waals surface area (Å²) in [6, 6.07) is 0.312. The highest BCUT2D eigenvalue weighted by molar-refractivity contribution is 7.09. The lowest BCUT2D eigenvalue weighted by Gasteiger charge is -2.25. The number of carbonyl (C=O) groups is 1. The van der Waals surface area contributed by atoms with Crippen molar-refractivity contribution in [3.05, 3.63) is 6.33 Å². The van der Waals surface area contributed by atoms with Crippen molar-refractivity contribution in [2.75, 3.05) is 11.4 Å². The molecule has 84 valence electrons. The molecule has 6 heteroatoms. The Kier molecular flexibility index (Phi) is 4.48. The molecule has 0 aromatic carbocycles. The van der Waals surface area contributed by atoms with Crippen LogP contribution in [0.3, 0.4) is 0 Å². The molecule has 1 rings (SSSR count). The molecule has 0 saturated carbocycles. The average Bonchev–Trinajstić information content (AvgIpc) is 2.63. The van der Waals surface area contributed by atoms with E-state index in [4.69, 9.17) is 5.11 Å². The van der Waals surface area contributed by atoms with Crippen molar-refractivity contribution in [3.63, 3.8) is 0 Å². The lowest BCUT2D eigenvalue weighted by Crippen LogP contribution is -2.31. The molecule has 1 heterocycles. The van der Waals surface area contributed by atoms with E-state index in [9.17, 15) is 4.79 Å². The zero-order valence-corrected chi connectivity index (χ0v) is 9.70. The fourth-order valence-corrected chi connectivity index (χ4v) is 1.96. The second-order valence-electron chi connectivity index (χ2n) is 3.51. The molecule has 0 saturated heterocycles. The third-order valence-electron chi connectivity index (χ3n) is 2.01. The van der Waals surface area contributed by atoms with Crippen LogP contribution >= 0.6 is 11.5 Å². The van der Waals surface area contributed by atoms with E-state index in [2.05, 4.69) is 28.1 Å². The molecular weight excluding hydrogens is 214 g/mol. The summed E-state index contributed by atoms with van der Waals surface area (Å²) in [4.78, 5) is 16.6. The monoisotopic (exact) mass is 229 g/mol. The second kappa shape index (κ2) is 5.65. The summed E-state index contributed by atoms with van der Waals surface area (Å²) < 4.78 is 3.94. The summed E-state index contributed by atoms with van der Waals surface area (Å²) in [6.07, 6.45) is 2.35. The van der Waals surface area contributed by atoms with Gasteiger partial charge in [-0.15, -0.1) is 0 Å². The molecule has 0 aliphatic rings. The molecule has 0 atom stereocenters. The number of nitrogens with zero attached hydrogens (tertiary/aromatic N) is 3. The van der Waals surface area contributed by atoms with E-state index >= 15 is 0 Å². The van der Waals surface area contributed by atoms with Crippen LogP contribution in [0.25, 0.3) is 0 Å². The van der Waals surface area contributed by atoms with Gasteiger partial charge in [0.25, 0.3) is 0 Å². The summed E-state index contributed by atoms with van der Waals surface area (Å²) >= 11 is 1.34. The number of carboxylic acids is 1. The third-order valence-corrected chi connectivity index (χ3v) is 2.71. The van der Waals surface area contributed by atoms with Gasteiger partial charge >= 0.3 is 5.97 Å². The molecule has 5 nitrogen and oxygen atoms in total. The van der Waals surface area contributed by atoms with E-state index in [1.165, 1.54) is 17.9 Å². The van der Waals surface area contributed by atoms with Gasteiger partial charge < -0.3 is 10.0 Å². The Morgan fingerprint density at radius 2 is 2.40 bits per heavy atom. The van der Waals surface area contributed by atoms with E-state index < -0.39 is 5.97 Å². The van der Waals surface area contributed by atoms with Gasteiger partial charge in [-0.05, 0) is 20.3 Å². The van der Waals surface area contributed by atoms with Gasteiger partial charge in [0.15, 0.2) is 0 Å². The van der Waals surface area contributed by atoms with Crippen molar-refractivity contribution in [1.82, 2.24) is 9.36 Å². The number of aromatic nitrogens is 2. The summed E-state index contributed by atoms with van der Waals surface area (Å²) in [6.45, 7) is 4.82. The van der Waals surface area contributed by atoms with E-state index in [1.54, 1.807) is 0 Å². The van der Waals surface area contributed by atoms with Crippen LogP contribution in [-0.4, -0.2) is 33.0 Å². The molecule has 0 amide bonds. The number of rotatable bonds is 6. The maximum absolute atomic E-state index is 10.4. The molecule has 0 aliphatic heterocycles. The summed E-state index contributed by atoms with van der Waals surface area (Å²) in [5, 5.41) is 9.41. The zero-order chi connectivity index (χ0) is 11.3. The van der Waals surface area contributed by atoms with Gasteiger partial charge in [0.05, 0.1) is 0 Å². The van der Waals surface area contributed by atoms with Crippen LogP contribution in [0, 0.1) is 0 Å². The molecule has 0 radical (unpaired) electrons. The SMILES string of the molecule is CC(C)N(CCCC(=O)O)c1ncns1. The van der Waals surface area contributed by atoms with E-state index in [-0.39, 0.29) is 6.42 Å². The quantitative estimate of drug-likeness (QED) is 0.802. The summed E-state index contributed by atoms with van der Waals surface area (Å²) in [5.74, 6) is -0.754. The smallest absolute Gasteiger partial charge is 0.303 e. The molecular formula is C9H15N3O2S. The highest BCUT2D eigenvalue weighted by Crippen LogP contribution is 2.18. The Labute approximate surface area is 92.9 Å². The molecule has 0 aliphatic carbocycles. The maximum atomic E-state index is 10.4. The molecule has 1 aromatic heterocycles. The van der Waals surface area contributed by atoms with E-state index in [0.717, 1.165) is 5.13 Å². The van der Waals surface area contributed by atoms with Crippen LogP contribution in [0.5, 0.6) is 0 Å². The minimum Gasteiger partial charge on any atom is -0.481 e. The van der Waals surface area contributed by atoms with Crippen molar-refractivity contribution < 1.29 is 9.90 Å². The second-order valence-corrected chi connectivity index (χ2v) is 4.27. The first kappa shape index (κ1) is 11.9. The average molecular weight is 229 g/mol. The van der Waals surface area contributed by atoms with Crippen LogP contribution in [0.2, 0.25) is 0 Å². The molecule has 0 fully saturated rings. The first-order chi connectivity index (χ1) is 7.11. The largest absolute Gasteiger partial charge is 0.481 e. The van der Waals surface area contributed by atoms with Gasteiger partial charge in [0.2, 0.25) is 5.13 Å². The van der Waals surface area contributed by atoms with E-state index in [1.807, 2.05) is 0 Å². The topological polar surface area (TPSA) is 66.3 Å². The van der Waals surface area contributed by atoms with Crippen LogP contribution in [0.4, 0.5) is 5.13 Å². The normalized spacial score (nSPS) is 10.6. The lowest BCUT2D eigenvalue weighted by molar-refractivity contribution is -0.137. The molecule has 0 spiro atoms. The number of hydrogen-bond donors (Lipinski definition) is 1. The number of hydrogen-bond acceptors (Lipinski definition) is 5. The Morgan fingerprint density at radius 1 is 1.67 bits per heavy atom. The Balaban J connectivity index is 2.49. The van der Waals surface area contributed by atoms with Gasteiger partial charge in [-0.1, -0.05) is 0 Å². The van der Waals surface area contributed by atoms with Crippen LogP contribution in [0.15, 0.2) is 6.33 Å². The fourth-order valence-electron chi connectivity index (χ4n) is 1.27. The van der Waals surface area contributed by atoms with Crippen molar-refractivity contribution in [2.24, 2.45) is 0 Å². The number of carboxylic acid groups (broad SMARTS) is 1. The summed E-state index contributed by atoms with van der Waals surface area (Å²) in [7, 11) is 0. The predicted octanol–water partition coefficient (Wildman–Crippen LogP) is 1.62. The molecule has 15 heavy (non-hydrogen) atoms. The standard InChI is InChI=1S/C9H15N3O2S/c1-7(2)12(5-3-4-8(13)14)9-10-6-11-15-9/h6-7H,3-5H2,1-2H3,(H,13,14). The van der Waals surface area contributed by atoms with Gasteiger partial charge in [-0.3, -0.25) is 4.79 Å². The highest BCUT2D eigenvalue weighted by atomic mass is 32.1.